The summed E-state index contributed by atoms with van der Waals surface area (Å²) in [5.41, 5.74) is 2.16. The van der Waals surface area contributed by atoms with E-state index in [4.69, 9.17) is 0 Å². The quantitative estimate of drug-likeness (QED) is 0.483. The smallest absolute Gasteiger partial charge is 0.224 e. The summed E-state index contributed by atoms with van der Waals surface area (Å²) in [5, 5.41) is 7.11. The van der Waals surface area contributed by atoms with E-state index in [0.717, 1.165) is 28.4 Å². The molecule has 1 saturated heterocycles. The van der Waals surface area contributed by atoms with Crippen LogP contribution in [0.5, 0.6) is 0 Å². The number of aryl methyl sites for hydroxylation is 1. The number of nitrogens with zero attached hydrogens (tertiary/aromatic N) is 1. The highest BCUT2D eigenvalue weighted by molar-refractivity contribution is 7.15. The van der Waals surface area contributed by atoms with Crippen LogP contribution < -0.4 is 10.6 Å². The minimum Gasteiger partial charge on any atom is -0.326 e. The summed E-state index contributed by atoms with van der Waals surface area (Å²) < 4.78 is 13.0. The van der Waals surface area contributed by atoms with Gasteiger partial charge in [-0.15, -0.1) is 11.3 Å². The second-order valence-corrected chi connectivity index (χ2v) is 9.31. The first kappa shape index (κ1) is 22.3. The summed E-state index contributed by atoms with van der Waals surface area (Å²) in [5.74, 6) is -0.468. The molecule has 3 aromatic rings. The van der Waals surface area contributed by atoms with E-state index in [2.05, 4.69) is 15.6 Å². The second kappa shape index (κ2) is 10.1. The number of piperidine rings is 1. The van der Waals surface area contributed by atoms with Crippen LogP contribution in [-0.4, -0.2) is 29.3 Å². The van der Waals surface area contributed by atoms with Gasteiger partial charge in [0.2, 0.25) is 5.91 Å². The Kier molecular flexibility index (Phi) is 7.07. The van der Waals surface area contributed by atoms with Gasteiger partial charge in [0, 0.05) is 24.1 Å². The Balaban J connectivity index is 1.36. The van der Waals surface area contributed by atoms with Gasteiger partial charge in [-0.2, -0.15) is 0 Å². The van der Waals surface area contributed by atoms with E-state index in [0.29, 0.717) is 30.6 Å². The molecule has 32 heavy (non-hydrogen) atoms. The number of carbonyl (C=O) groups is 2. The van der Waals surface area contributed by atoms with Crippen LogP contribution in [0.25, 0.3) is 10.4 Å². The minimum absolute atomic E-state index is 0.0930. The number of ketones is 1. The number of hydrogen-bond acceptors (Lipinski definition) is 5. The zero-order chi connectivity index (χ0) is 22.5. The summed E-state index contributed by atoms with van der Waals surface area (Å²) >= 11 is 1.55. The molecule has 5 nitrogen and oxygen atoms in total. The zero-order valence-electron chi connectivity index (χ0n) is 17.9. The van der Waals surface area contributed by atoms with Crippen molar-refractivity contribution in [2.24, 2.45) is 5.92 Å². The van der Waals surface area contributed by atoms with Crippen molar-refractivity contribution in [3.05, 3.63) is 71.1 Å². The van der Waals surface area contributed by atoms with Gasteiger partial charge in [-0.05, 0) is 62.6 Å². The monoisotopic (exact) mass is 451 g/mol. The number of hydrogen-bond donors (Lipinski definition) is 2. The Morgan fingerprint density at radius 1 is 1.16 bits per heavy atom. The fourth-order valence-electron chi connectivity index (χ4n) is 4.10. The molecule has 0 bridgehead atoms. The lowest BCUT2D eigenvalue weighted by atomic mass is 9.85. The maximum Gasteiger partial charge on any atom is 0.224 e. The maximum absolute atomic E-state index is 13.4. The highest BCUT2D eigenvalue weighted by Crippen LogP contribution is 2.33. The Morgan fingerprint density at radius 3 is 2.66 bits per heavy atom. The minimum atomic E-state index is -0.337. The fourth-order valence-corrected chi connectivity index (χ4v) is 5.03. The number of nitrogens with one attached hydrogen (secondary N) is 2. The topological polar surface area (TPSA) is 71.1 Å². The molecule has 0 aliphatic carbocycles. The van der Waals surface area contributed by atoms with Crippen molar-refractivity contribution < 1.29 is 14.0 Å². The van der Waals surface area contributed by atoms with Crippen LogP contribution in [0, 0.1) is 18.7 Å². The van der Waals surface area contributed by atoms with Crippen LogP contribution in [-0.2, 0) is 4.79 Å². The molecule has 7 heteroatoms. The van der Waals surface area contributed by atoms with Crippen molar-refractivity contribution in [2.45, 2.75) is 38.6 Å². The van der Waals surface area contributed by atoms with E-state index >= 15 is 0 Å². The molecule has 1 aromatic heterocycles. The van der Waals surface area contributed by atoms with Crippen LogP contribution >= 0.6 is 11.3 Å². The van der Waals surface area contributed by atoms with E-state index in [1.54, 1.807) is 23.5 Å². The van der Waals surface area contributed by atoms with E-state index in [9.17, 15) is 14.0 Å². The molecule has 1 amide bonds. The highest BCUT2D eigenvalue weighted by Gasteiger charge is 2.31. The van der Waals surface area contributed by atoms with Crippen molar-refractivity contribution in [1.29, 1.82) is 0 Å². The van der Waals surface area contributed by atoms with E-state index in [1.807, 2.05) is 37.3 Å². The highest BCUT2D eigenvalue weighted by atomic mass is 32.1. The van der Waals surface area contributed by atoms with Crippen LogP contribution in [0.4, 0.5) is 10.1 Å². The molecule has 2 atom stereocenters. The van der Waals surface area contributed by atoms with Gasteiger partial charge in [-0.25, -0.2) is 9.37 Å². The predicted molar refractivity (Wildman–Crippen MR) is 125 cm³/mol. The van der Waals surface area contributed by atoms with Gasteiger partial charge >= 0.3 is 0 Å². The average molecular weight is 452 g/mol. The number of Topliss-reactive ketones (excluding diaryl/α,β-unsaturated/α-hetero) is 1. The van der Waals surface area contributed by atoms with Crippen molar-refractivity contribution >= 4 is 28.7 Å². The SMILES string of the molecule is Cc1nc(C(=O)C2CCNC(CCC(=O)Nc3ccc(F)cc3)C2)c(-c2ccccc2)s1. The molecule has 2 aromatic carbocycles. The van der Waals surface area contributed by atoms with Crippen molar-refractivity contribution in [3.8, 4) is 10.4 Å². The average Bonchev–Trinajstić information content (AvgIpc) is 3.21. The first-order chi connectivity index (χ1) is 15.5. The molecule has 2 heterocycles. The molecule has 1 fully saturated rings. The number of rotatable bonds is 7. The standard InChI is InChI=1S/C25H26FN3O2S/c1-16-28-23(25(32-16)17-5-3-2-4-6-17)24(31)18-13-14-27-21(15-18)11-12-22(30)29-20-9-7-19(26)8-10-20/h2-10,18,21,27H,11-15H2,1H3,(H,29,30). The maximum atomic E-state index is 13.4. The number of amides is 1. The molecule has 166 valence electrons. The van der Waals surface area contributed by atoms with Crippen LogP contribution in [0.2, 0.25) is 0 Å². The zero-order valence-corrected chi connectivity index (χ0v) is 18.8. The molecule has 2 unspecified atom stereocenters. The van der Waals surface area contributed by atoms with Gasteiger partial charge in [0.05, 0.1) is 9.88 Å². The van der Waals surface area contributed by atoms with Crippen LogP contribution in [0.3, 0.4) is 0 Å². The van der Waals surface area contributed by atoms with Gasteiger partial charge in [-0.3, -0.25) is 9.59 Å². The third-order valence-electron chi connectivity index (χ3n) is 5.72. The third kappa shape index (κ3) is 5.47. The Hall–Kier alpha value is -2.90. The van der Waals surface area contributed by atoms with Gasteiger partial charge in [0.25, 0.3) is 0 Å². The predicted octanol–water partition coefficient (Wildman–Crippen LogP) is 5.23. The Bertz CT molecular complexity index is 1080. The van der Waals surface area contributed by atoms with Crippen molar-refractivity contribution in [2.75, 3.05) is 11.9 Å². The number of halogens is 1. The molecule has 1 aliphatic heterocycles. The van der Waals surface area contributed by atoms with E-state index in [1.165, 1.54) is 12.1 Å². The van der Waals surface area contributed by atoms with Gasteiger partial charge in [-0.1, -0.05) is 30.3 Å². The first-order valence-corrected chi connectivity index (χ1v) is 11.7. The summed E-state index contributed by atoms with van der Waals surface area (Å²) in [6.07, 6.45) is 2.43. The number of thiazole rings is 1. The summed E-state index contributed by atoms with van der Waals surface area (Å²) in [4.78, 5) is 31.1. The lowest BCUT2D eigenvalue weighted by Crippen LogP contribution is -2.41. The molecule has 1 aliphatic rings. The second-order valence-electron chi connectivity index (χ2n) is 8.11. The summed E-state index contributed by atoms with van der Waals surface area (Å²) in [7, 11) is 0. The van der Waals surface area contributed by atoms with E-state index in [-0.39, 0.29) is 29.5 Å². The van der Waals surface area contributed by atoms with Crippen molar-refractivity contribution in [3.63, 3.8) is 0 Å². The number of carbonyl (C=O) groups excluding carboxylic acids is 2. The summed E-state index contributed by atoms with van der Waals surface area (Å²) in [6, 6.07) is 15.7. The molecule has 0 saturated carbocycles. The van der Waals surface area contributed by atoms with Gasteiger partial charge in [0.15, 0.2) is 5.78 Å². The lowest BCUT2D eigenvalue weighted by molar-refractivity contribution is -0.116. The molecule has 4 rings (SSSR count). The van der Waals surface area contributed by atoms with Crippen LogP contribution in [0.15, 0.2) is 54.6 Å². The Labute approximate surface area is 191 Å². The third-order valence-corrected chi connectivity index (χ3v) is 6.74. The van der Waals surface area contributed by atoms with Gasteiger partial charge < -0.3 is 10.6 Å². The van der Waals surface area contributed by atoms with Crippen molar-refractivity contribution in [1.82, 2.24) is 10.3 Å². The first-order valence-electron chi connectivity index (χ1n) is 10.9. The molecule has 2 N–H and O–H groups in total. The lowest BCUT2D eigenvalue weighted by Gasteiger charge is -2.29. The van der Waals surface area contributed by atoms with Crippen LogP contribution in [0.1, 0.15) is 41.2 Å². The molecular weight excluding hydrogens is 425 g/mol. The fraction of sp³-hybridized carbons (Fsp3) is 0.320. The molecular formula is C25H26FN3O2S. The summed E-state index contributed by atoms with van der Waals surface area (Å²) in [6.45, 7) is 2.67. The largest absolute Gasteiger partial charge is 0.326 e. The number of aromatic nitrogens is 1. The normalized spacial score (nSPS) is 18.3. The van der Waals surface area contributed by atoms with Gasteiger partial charge in [0.1, 0.15) is 11.5 Å². The Morgan fingerprint density at radius 2 is 1.91 bits per heavy atom. The number of anilines is 1. The molecule has 0 radical (unpaired) electrons. The number of benzene rings is 2. The van der Waals surface area contributed by atoms with E-state index < -0.39 is 0 Å². The molecule has 0 spiro atoms.